The third-order valence-corrected chi connectivity index (χ3v) is 0.444. The molecule has 0 aromatic carbocycles. The molecule has 0 aliphatic heterocycles. The van der Waals surface area contributed by atoms with Gasteiger partial charge in [0.1, 0.15) is 6.29 Å². The van der Waals surface area contributed by atoms with Gasteiger partial charge < -0.3 is 4.79 Å². The molecule has 0 unspecified atom stereocenters. The molecule has 0 N–H and O–H groups in total. The molecule has 8 heavy (non-hydrogen) atoms. The summed E-state index contributed by atoms with van der Waals surface area (Å²) in [5, 5.41) is 0. The zero-order chi connectivity index (χ0) is 12.7. The Balaban J connectivity index is 5.47. The molecule has 0 aromatic rings. The minimum absolute atomic E-state index is 0.267. The fourth-order valence-corrected chi connectivity index (χ4v) is 0.191. The van der Waals surface area contributed by atoms with Crippen LogP contribution < -0.4 is 0 Å². The molecule has 0 radical (unpaired) electrons. The molecule has 0 aliphatic carbocycles. The zero-order valence-corrected chi connectivity index (χ0v) is 4.99. The van der Waals surface area contributed by atoms with E-state index in [1.165, 1.54) is 0 Å². The molecular formula is C7H14O. The van der Waals surface area contributed by atoms with Crippen molar-refractivity contribution in [3.05, 3.63) is 0 Å². The number of carbonyl (C=O) groups excluding carboxylic acids is 1. The van der Waals surface area contributed by atoms with E-state index in [0.29, 0.717) is 0 Å². The largest absolute Gasteiger partial charge is 0.303 e. The van der Waals surface area contributed by atoms with Gasteiger partial charge in [0.2, 0.25) is 0 Å². The van der Waals surface area contributed by atoms with Crippen LogP contribution in [0.1, 0.15) is 42.6 Å². The second-order valence-corrected chi connectivity index (χ2v) is 1.51. The number of aldehydes is 1. The summed E-state index contributed by atoms with van der Waals surface area (Å²) in [4.78, 5) is 10.4. The Bertz CT molecular complexity index is 253. The second kappa shape index (κ2) is 4.82. The molecule has 0 bridgehead atoms. The van der Waals surface area contributed by atoms with Crippen LogP contribution in [-0.2, 0) is 4.79 Å². The van der Waals surface area contributed by atoms with E-state index in [2.05, 4.69) is 0 Å². The lowest BCUT2D eigenvalue weighted by Crippen LogP contribution is -1.86. The van der Waals surface area contributed by atoms with Gasteiger partial charge in [-0.3, -0.25) is 0 Å². The molecule has 0 saturated carbocycles. The summed E-state index contributed by atoms with van der Waals surface area (Å²) in [6.45, 7) is 2.26. The Labute approximate surface area is 60.9 Å². The van der Waals surface area contributed by atoms with Crippen molar-refractivity contribution >= 4 is 6.29 Å². The van der Waals surface area contributed by atoms with Crippen LogP contribution in [0.2, 0.25) is 0 Å². The van der Waals surface area contributed by atoms with Gasteiger partial charge in [-0.25, -0.2) is 0 Å². The normalized spacial score (nSPS) is 29.5. The van der Waals surface area contributed by atoms with E-state index >= 15 is 0 Å². The molecule has 0 aromatic heterocycles. The van der Waals surface area contributed by atoms with E-state index in [0.717, 1.165) is 13.8 Å². The van der Waals surface area contributed by atoms with E-state index < -0.39 is 25.0 Å². The molecule has 1 heteroatoms. The molecule has 0 saturated heterocycles. The third kappa shape index (κ3) is 5.67. The van der Waals surface area contributed by atoms with Crippen LogP contribution in [-0.4, -0.2) is 6.29 Å². The van der Waals surface area contributed by atoms with Crippen LogP contribution in [0.15, 0.2) is 0 Å². The summed E-state index contributed by atoms with van der Waals surface area (Å²) in [7, 11) is 0. The Hall–Kier alpha value is -0.330. The van der Waals surface area contributed by atoms with Gasteiger partial charge in [0.15, 0.2) is 0 Å². The van der Waals surface area contributed by atoms with E-state index in [1.54, 1.807) is 0 Å². The minimum atomic E-state index is -3.06. The molecule has 1 nitrogen and oxygen atoms in total. The first kappa shape index (κ1) is 1.83. The number of hydrogen-bond acceptors (Lipinski definition) is 1. The summed E-state index contributed by atoms with van der Waals surface area (Å²) in [5.41, 5.74) is 0. The van der Waals surface area contributed by atoms with Crippen LogP contribution in [0.5, 0.6) is 0 Å². The molecule has 0 fully saturated rings. The minimum Gasteiger partial charge on any atom is -0.303 e. The third-order valence-electron chi connectivity index (χ3n) is 0.444. The summed E-state index contributed by atoms with van der Waals surface area (Å²) < 4.78 is 51.3. The highest BCUT2D eigenvalue weighted by molar-refractivity contribution is 5.48. The SMILES string of the molecule is [2H]C(C)(C)C([2H])([2H])C([2H])([2H])C([2H])([2H])C=O. The second-order valence-electron chi connectivity index (χ2n) is 1.51. The molecule has 0 amide bonds. The van der Waals surface area contributed by atoms with E-state index in [4.69, 9.17) is 9.60 Å². The number of hydrogen-bond donors (Lipinski definition) is 0. The molecular weight excluding hydrogens is 100 g/mol. The smallest absolute Gasteiger partial charge is 0.119 e. The van der Waals surface area contributed by atoms with E-state index in [-0.39, 0.29) is 6.29 Å². The maximum absolute atomic E-state index is 10.4. The molecule has 0 heterocycles. The average molecular weight is 121 g/mol. The highest BCUT2D eigenvalue weighted by Gasteiger charge is 1.90. The van der Waals surface area contributed by atoms with Gasteiger partial charge in [0.05, 0.1) is 0 Å². The highest BCUT2D eigenvalue weighted by atomic mass is 16.1. The number of rotatable bonds is 4. The predicted octanol–water partition coefficient (Wildman–Crippen LogP) is 2.01. The lowest BCUT2D eigenvalue weighted by atomic mass is 10.1. The lowest BCUT2D eigenvalue weighted by molar-refractivity contribution is -0.107. The summed E-state index contributed by atoms with van der Waals surface area (Å²) in [5.74, 6) is -1.85. The summed E-state index contributed by atoms with van der Waals surface area (Å²) in [6, 6.07) is 0. The maximum Gasteiger partial charge on any atom is 0.119 e. The van der Waals surface area contributed by atoms with Crippen LogP contribution in [0.4, 0.5) is 0 Å². The van der Waals surface area contributed by atoms with Gasteiger partial charge in [-0.05, 0) is 12.3 Å². The van der Waals surface area contributed by atoms with Crippen molar-refractivity contribution < 1.29 is 14.4 Å². The summed E-state index contributed by atoms with van der Waals surface area (Å²) >= 11 is 0. The Morgan fingerprint density at radius 2 is 2.50 bits per heavy atom. The van der Waals surface area contributed by atoms with Crippen molar-refractivity contribution in [3.63, 3.8) is 0 Å². The van der Waals surface area contributed by atoms with Crippen LogP contribution in [0.25, 0.3) is 0 Å². The van der Waals surface area contributed by atoms with E-state index in [1.807, 2.05) is 0 Å². The van der Waals surface area contributed by atoms with Crippen molar-refractivity contribution in [2.24, 2.45) is 5.89 Å². The van der Waals surface area contributed by atoms with E-state index in [9.17, 15) is 4.79 Å². The molecule has 0 aliphatic rings. The average Bonchev–Trinajstić information content (AvgIpc) is 2.01. The van der Waals surface area contributed by atoms with Crippen molar-refractivity contribution in [2.75, 3.05) is 0 Å². The summed E-state index contributed by atoms with van der Waals surface area (Å²) in [6.07, 6.45) is -9.08. The van der Waals surface area contributed by atoms with Crippen LogP contribution in [0.3, 0.4) is 0 Å². The van der Waals surface area contributed by atoms with Crippen LogP contribution in [0, 0.1) is 5.89 Å². The van der Waals surface area contributed by atoms with Crippen LogP contribution >= 0.6 is 0 Å². The topological polar surface area (TPSA) is 17.1 Å². The highest BCUT2D eigenvalue weighted by Crippen LogP contribution is 2.03. The molecule has 0 rings (SSSR count). The number of carbonyl (C=O) groups is 1. The fourth-order valence-electron chi connectivity index (χ4n) is 0.191. The first-order valence-corrected chi connectivity index (χ1v) is 2.27. The van der Waals surface area contributed by atoms with Gasteiger partial charge in [0, 0.05) is 16.0 Å². The van der Waals surface area contributed by atoms with Crippen molar-refractivity contribution in [1.82, 2.24) is 0 Å². The quantitative estimate of drug-likeness (QED) is 0.520. The van der Waals surface area contributed by atoms with Crippen molar-refractivity contribution in [1.29, 1.82) is 0 Å². The first-order valence-electron chi connectivity index (χ1n) is 5.77. The Morgan fingerprint density at radius 1 is 1.88 bits per heavy atom. The lowest BCUT2D eigenvalue weighted by Gasteiger charge is -1.98. The fraction of sp³-hybridized carbons (Fsp3) is 0.857. The molecule has 0 spiro atoms. The van der Waals surface area contributed by atoms with Gasteiger partial charge in [-0.15, -0.1) is 0 Å². The van der Waals surface area contributed by atoms with Gasteiger partial charge in [-0.2, -0.15) is 0 Å². The van der Waals surface area contributed by atoms with Gasteiger partial charge >= 0.3 is 0 Å². The zero-order valence-electron chi connectivity index (χ0n) is 12.0. The van der Waals surface area contributed by atoms with Gasteiger partial charge in [0.25, 0.3) is 0 Å². The standard InChI is InChI=1S/C7H14O/c1-7(2)5-3-4-6-8/h6-7H,3-5H2,1-2H3/i3D2,4D2,5D2,7D. The Kier molecular flexibility index (Phi) is 1.10. The van der Waals surface area contributed by atoms with Gasteiger partial charge in [-0.1, -0.05) is 20.2 Å². The molecule has 48 valence electrons. The maximum atomic E-state index is 10.4. The Morgan fingerprint density at radius 3 is 2.88 bits per heavy atom. The monoisotopic (exact) mass is 121 g/mol. The molecule has 0 atom stereocenters. The van der Waals surface area contributed by atoms with Crippen molar-refractivity contribution in [2.45, 2.75) is 33.0 Å². The predicted molar refractivity (Wildman–Crippen MR) is 34.8 cm³/mol. The van der Waals surface area contributed by atoms with Crippen molar-refractivity contribution in [3.8, 4) is 0 Å². The first-order chi connectivity index (χ1) is 6.31.